The Morgan fingerprint density at radius 2 is 0.476 bits per heavy atom. The third kappa shape index (κ3) is 65.8. The van der Waals surface area contributed by atoms with Gasteiger partial charge in [-0.2, -0.15) is 0 Å². The summed E-state index contributed by atoms with van der Waals surface area (Å²) >= 11 is 0. The molecule has 1 atom stereocenters. The van der Waals surface area contributed by atoms with Gasteiger partial charge < -0.3 is 14.2 Å². The van der Waals surface area contributed by atoms with Gasteiger partial charge in [0.2, 0.25) is 0 Å². The molecule has 0 aromatic carbocycles. The number of carbonyl (C=O) groups is 3. The smallest absolute Gasteiger partial charge is 0.306 e. The Bertz CT molecular complexity index is 1830. The summed E-state index contributed by atoms with van der Waals surface area (Å²) in [7, 11) is 0. The molecule has 0 radical (unpaired) electrons. The number of ether oxygens (including phenoxy) is 3. The maximum absolute atomic E-state index is 12.9. The first-order valence-corrected chi connectivity index (χ1v) is 33.5. The van der Waals surface area contributed by atoms with E-state index in [1.807, 2.05) is 0 Å². The molecule has 0 rings (SSSR count). The lowest BCUT2D eigenvalue weighted by Gasteiger charge is -2.18. The summed E-state index contributed by atoms with van der Waals surface area (Å²) in [6.07, 6.45) is 99.5. The minimum atomic E-state index is -0.811. The molecule has 82 heavy (non-hydrogen) atoms. The summed E-state index contributed by atoms with van der Waals surface area (Å²) in [4.78, 5) is 38.4. The molecule has 6 nitrogen and oxygen atoms in total. The van der Waals surface area contributed by atoms with Crippen LogP contribution in [0.1, 0.15) is 284 Å². The minimum absolute atomic E-state index is 0.105. The van der Waals surface area contributed by atoms with Gasteiger partial charge in [-0.25, -0.2) is 0 Å². The van der Waals surface area contributed by atoms with Crippen LogP contribution in [0.5, 0.6) is 0 Å². The van der Waals surface area contributed by atoms with Gasteiger partial charge in [-0.15, -0.1) is 0 Å². The molecule has 0 N–H and O–H groups in total. The van der Waals surface area contributed by atoms with Crippen LogP contribution in [0.3, 0.4) is 0 Å². The number of hydrogen-bond donors (Lipinski definition) is 0. The molecule has 0 saturated heterocycles. The van der Waals surface area contributed by atoms with Crippen molar-refractivity contribution in [2.75, 3.05) is 13.2 Å². The fourth-order valence-electron chi connectivity index (χ4n) is 8.73. The molecule has 0 fully saturated rings. The molecule has 6 heteroatoms. The van der Waals surface area contributed by atoms with Gasteiger partial charge in [0.15, 0.2) is 6.10 Å². The van der Waals surface area contributed by atoms with Gasteiger partial charge in [0.1, 0.15) is 13.2 Å². The molecule has 0 amide bonds. The Morgan fingerprint density at radius 1 is 0.256 bits per heavy atom. The highest BCUT2D eigenvalue weighted by molar-refractivity contribution is 5.71. The average Bonchev–Trinajstić information content (AvgIpc) is 3.47. The number of allylic oxidation sites excluding steroid dienone is 26. The van der Waals surface area contributed by atoms with Crippen molar-refractivity contribution in [1.82, 2.24) is 0 Å². The van der Waals surface area contributed by atoms with Crippen LogP contribution in [0.25, 0.3) is 0 Å². The summed E-state index contributed by atoms with van der Waals surface area (Å²) in [6.45, 7) is 6.44. The quantitative estimate of drug-likeness (QED) is 0.0261. The second-order valence-corrected chi connectivity index (χ2v) is 21.6. The SMILES string of the molecule is CC/C=C\C/C=C\C/C=C\C/C=C\C/C=C\C/C=C\C/C=C\C/C=C\CCCCCCC(=O)OCC(COC(=O)CCCCCCC/C=C\C/C=C\CCCCCC)OC(=O)CCCCCCCC/C=C\C/C=C\C/C=C\CCCCC. The number of rotatable bonds is 59. The zero-order valence-electron chi connectivity index (χ0n) is 52.9. The van der Waals surface area contributed by atoms with Crippen LogP contribution < -0.4 is 0 Å². The van der Waals surface area contributed by atoms with Crippen molar-refractivity contribution in [3.05, 3.63) is 158 Å². The summed E-state index contributed by atoms with van der Waals surface area (Å²) in [5.74, 6) is -0.956. The molecule has 0 spiro atoms. The van der Waals surface area contributed by atoms with Crippen LogP contribution in [0.15, 0.2) is 158 Å². The number of carbonyl (C=O) groups excluding carboxylic acids is 3. The monoisotopic (exact) mass is 1130 g/mol. The molecule has 0 aromatic heterocycles. The summed E-state index contributed by atoms with van der Waals surface area (Å²) in [6, 6.07) is 0. The van der Waals surface area contributed by atoms with Crippen molar-refractivity contribution >= 4 is 17.9 Å². The topological polar surface area (TPSA) is 78.9 Å². The van der Waals surface area contributed by atoms with E-state index in [1.54, 1.807) is 0 Å². The van der Waals surface area contributed by atoms with Gasteiger partial charge in [0.05, 0.1) is 0 Å². The van der Waals surface area contributed by atoms with E-state index in [0.29, 0.717) is 19.3 Å². The number of esters is 3. The molecule has 0 aromatic rings. The highest BCUT2D eigenvalue weighted by Crippen LogP contribution is 2.14. The van der Waals surface area contributed by atoms with Crippen LogP contribution >= 0.6 is 0 Å². The fraction of sp³-hybridized carbons (Fsp3) is 0.618. The molecule has 0 aliphatic heterocycles. The lowest BCUT2D eigenvalue weighted by molar-refractivity contribution is -0.167. The molecule has 0 aliphatic rings. The second-order valence-electron chi connectivity index (χ2n) is 21.6. The highest BCUT2D eigenvalue weighted by Gasteiger charge is 2.19. The molecular formula is C76H122O6. The Morgan fingerprint density at radius 3 is 0.768 bits per heavy atom. The lowest BCUT2D eigenvalue weighted by atomic mass is 10.1. The van der Waals surface area contributed by atoms with Crippen LogP contribution in [0.4, 0.5) is 0 Å². The highest BCUT2D eigenvalue weighted by atomic mass is 16.6. The van der Waals surface area contributed by atoms with E-state index < -0.39 is 6.10 Å². The first kappa shape index (κ1) is 77.0. The molecule has 0 saturated carbocycles. The predicted molar refractivity (Wildman–Crippen MR) is 357 cm³/mol. The van der Waals surface area contributed by atoms with Crippen LogP contribution in [0, 0.1) is 0 Å². The standard InChI is InChI=1S/C76H122O6/c1-4-7-10-13-16-19-22-25-28-31-33-34-35-36-37-38-39-40-41-42-44-45-48-51-54-57-60-63-66-69-75(78)81-72-73(71-80-74(77)68-65-62-59-56-53-50-47-30-27-24-21-18-15-12-9-6-3)82-76(79)70-67-64-61-58-55-52-49-46-43-32-29-26-23-20-17-14-11-8-5-2/h7,10,16-17,19-21,24-26,28-30,33-34,36-37,39-40,42-44,46-48,51,73H,4-6,8-9,11-15,18,22-23,27,31-32,35,38,41,45,49-50,52-72H2,1-3H3/b10-7-,19-16-,20-17-,24-21-,28-25-,29-26-,34-33-,37-36-,40-39-,44-42-,46-43-,47-30-,51-48-. The Balaban J connectivity index is 4.47. The van der Waals surface area contributed by atoms with Gasteiger partial charge in [-0.1, -0.05) is 269 Å². The van der Waals surface area contributed by atoms with Crippen LogP contribution in [0.2, 0.25) is 0 Å². The van der Waals surface area contributed by atoms with Crippen molar-refractivity contribution in [1.29, 1.82) is 0 Å². The maximum Gasteiger partial charge on any atom is 0.306 e. The van der Waals surface area contributed by atoms with E-state index in [4.69, 9.17) is 14.2 Å². The van der Waals surface area contributed by atoms with E-state index in [2.05, 4.69) is 179 Å². The van der Waals surface area contributed by atoms with Crippen molar-refractivity contribution in [3.63, 3.8) is 0 Å². The number of hydrogen-bond acceptors (Lipinski definition) is 6. The van der Waals surface area contributed by atoms with Crippen molar-refractivity contribution < 1.29 is 28.6 Å². The third-order valence-electron chi connectivity index (χ3n) is 13.7. The summed E-state index contributed by atoms with van der Waals surface area (Å²) < 4.78 is 16.9. The van der Waals surface area contributed by atoms with Crippen molar-refractivity contribution in [3.8, 4) is 0 Å². The Kier molecular flexibility index (Phi) is 64.4. The van der Waals surface area contributed by atoms with E-state index in [1.165, 1.54) is 70.6 Å². The van der Waals surface area contributed by atoms with Gasteiger partial charge in [0, 0.05) is 19.3 Å². The zero-order valence-corrected chi connectivity index (χ0v) is 52.9. The average molecular weight is 1130 g/mol. The van der Waals surface area contributed by atoms with Gasteiger partial charge in [-0.05, 0) is 154 Å². The van der Waals surface area contributed by atoms with Gasteiger partial charge in [0.25, 0.3) is 0 Å². The van der Waals surface area contributed by atoms with E-state index in [-0.39, 0.29) is 31.1 Å². The zero-order chi connectivity index (χ0) is 59.2. The minimum Gasteiger partial charge on any atom is -0.462 e. The van der Waals surface area contributed by atoms with Crippen LogP contribution in [-0.2, 0) is 28.6 Å². The Labute approximate surface area is 505 Å². The van der Waals surface area contributed by atoms with E-state index in [9.17, 15) is 14.4 Å². The number of unbranched alkanes of at least 4 members (excludes halogenated alkanes) is 22. The molecule has 462 valence electrons. The molecule has 0 heterocycles. The lowest BCUT2D eigenvalue weighted by Crippen LogP contribution is -2.30. The van der Waals surface area contributed by atoms with E-state index >= 15 is 0 Å². The summed E-state index contributed by atoms with van der Waals surface area (Å²) in [5, 5.41) is 0. The third-order valence-corrected chi connectivity index (χ3v) is 13.7. The van der Waals surface area contributed by atoms with Crippen molar-refractivity contribution in [2.24, 2.45) is 0 Å². The normalized spacial score (nSPS) is 13.2. The summed E-state index contributed by atoms with van der Waals surface area (Å²) in [5.41, 5.74) is 0. The maximum atomic E-state index is 12.9. The van der Waals surface area contributed by atoms with Gasteiger partial charge >= 0.3 is 17.9 Å². The van der Waals surface area contributed by atoms with Crippen LogP contribution in [-0.4, -0.2) is 37.2 Å². The largest absolute Gasteiger partial charge is 0.462 e. The van der Waals surface area contributed by atoms with Gasteiger partial charge in [-0.3, -0.25) is 14.4 Å². The molecule has 0 aliphatic carbocycles. The second kappa shape index (κ2) is 68.5. The molecule has 0 bridgehead atoms. The van der Waals surface area contributed by atoms with Crippen molar-refractivity contribution in [2.45, 2.75) is 290 Å². The first-order chi connectivity index (χ1) is 40.5. The Hall–Kier alpha value is -4.97. The predicted octanol–water partition coefficient (Wildman–Crippen LogP) is 23.3. The molecule has 1 unspecified atom stereocenters. The van der Waals surface area contributed by atoms with E-state index in [0.717, 1.165) is 173 Å². The fourth-order valence-corrected chi connectivity index (χ4v) is 8.73. The first-order valence-electron chi connectivity index (χ1n) is 33.5. The molecular weight excluding hydrogens is 1010 g/mol.